The Morgan fingerprint density at radius 2 is 2.00 bits per heavy atom. The summed E-state index contributed by atoms with van der Waals surface area (Å²) in [6, 6.07) is 11.5. The predicted octanol–water partition coefficient (Wildman–Crippen LogP) is 5.09. The van der Waals surface area contributed by atoms with Crippen LogP contribution in [0.2, 0.25) is 5.02 Å². The molecule has 0 saturated carbocycles. The number of aliphatic carboxylic acids is 1. The molecule has 1 aliphatic heterocycles. The van der Waals surface area contributed by atoms with Crippen LogP contribution in [0, 0.1) is 18.7 Å². The van der Waals surface area contributed by atoms with Crippen molar-refractivity contribution >= 4 is 34.4 Å². The zero-order valence-corrected chi connectivity index (χ0v) is 19.1. The van der Waals surface area contributed by atoms with Crippen molar-refractivity contribution in [3.05, 3.63) is 59.0 Å². The van der Waals surface area contributed by atoms with Gasteiger partial charge in [0, 0.05) is 35.8 Å². The van der Waals surface area contributed by atoms with Gasteiger partial charge >= 0.3 is 5.97 Å². The third-order valence-electron chi connectivity index (χ3n) is 5.87. The number of benzene rings is 2. The third kappa shape index (κ3) is 4.93. The van der Waals surface area contributed by atoms with Crippen LogP contribution in [-0.4, -0.2) is 46.1 Å². The second-order valence-corrected chi connectivity index (χ2v) is 8.74. The molecule has 1 aromatic heterocycles. The van der Waals surface area contributed by atoms with E-state index in [0.717, 1.165) is 16.6 Å². The van der Waals surface area contributed by atoms with E-state index in [0.29, 0.717) is 41.2 Å². The Labute approximate surface area is 195 Å². The molecule has 1 N–H and O–H groups in total. The number of carbonyl (C=O) groups is 2. The van der Waals surface area contributed by atoms with Crippen LogP contribution in [0.15, 0.2) is 42.5 Å². The number of carboxylic acid groups (broad SMARTS) is 1. The van der Waals surface area contributed by atoms with E-state index in [9.17, 15) is 19.1 Å². The van der Waals surface area contributed by atoms with Gasteiger partial charge in [0.25, 0.3) is 5.91 Å². The summed E-state index contributed by atoms with van der Waals surface area (Å²) in [5, 5.41) is 10.4. The van der Waals surface area contributed by atoms with E-state index < -0.39 is 23.8 Å². The number of hydrogen-bond acceptors (Lipinski definition) is 4. The molecule has 1 aliphatic rings. The zero-order valence-electron chi connectivity index (χ0n) is 18.3. The lowest BCUT2D eigenvalue weighted by Gasteiger charge is -2.32. The molecular formula is C25H24ClFN2O4. The van der Waals surface area contributed by atoms with Crippen LogP contribution in [0.5, 0.6) is 5.75 Å². The van der Waals surface area contributed by atoms with Crippen molar-refractivity contribution in [3.63, 3.8) is 0 Å². The van der Waals surface area contributed by atoms with Gasteiger partial charge in [0.15, 0.2) is 6.10 Å². The molecule has 8 heteroatoms. The molecule has 1 saturated heterocycles. The molecule has 2 atom stereocenters. The molecule has 172 valence electrons. The number of nitrogens with zero attached hydrogens (tertiary/aromatic N) is 2. The number of aromatic nitrogens is 1. The highest BCUT2D eigenvalue weighted by molar-refractivity contribution is 6.33. The molecule has 4 rings (SSSR count). The molecule has 2 aromatic carbocycles. The number of ether oxygens (including phenoxy) is 1. The fourth-order valence-electron chi connectivity index (χ4n) is 4.24. The first-order chi connectivity index (χ1) is 15.7. The monoisotopic (exact) mass is 470 g/mol. The van der Waals surface area contributed by atoms with Gasteiger partial charge in [-0.2, -0.15) is 0 Å². The van der Waals surface area contributed by atoms with E-state index in [1.54, 1.807) is 30.0 Å². The summed E-state index contributed by atoms with van der Waals surface area (Å²) in [5.74, 6) is -1.59. The molecule has 0 radical (unpaired) electrons. The van der Waals surface area contributed by atoms with Gasteiger partial charge in [-0.15, -0.1) is 0 Å². The van der Waals surface area contributed by atoms with Crippen LogP contribution >= 0.6 is 11.6 Å². The summed E-state index contributed by atoms with van der Waals surface area (Å²) in [4.78, 5) is 30.3. The van der Waals surface area contributed by atoms with Crippen molar-refractivity contribution in [2.24, 2.45) is 5.92 Å². The zero-order chi connectivity index (χ0) is 23.7. The second-order valence-electron chi connectivity index (χ2n) is 8.34. The smallest absolute Gasteiger partial charge is 0.308 e. The van der Waals surface area contributed by atoms with Crippen molar-refractivity contribution in [2.45, 2.75) is 32.8 Å². The van der Waals surface area contributed by atoms with Crippen LogP contribution in [0.25, 0.3) is 22.0 Å². The van der Waals surface area contributed by atoms with Gasteiger partial charge in [-0.25, -0.2) is 4.39 Å². The molecule has 33 heavy (non-hydrogen) atoms. The lowest BCUT2D eigenvalue weighted by atomic mass is 9.98. The number of likely N-dealkylation sites (tertiary alicyclic amines) is 1. The van der Waals surface area contributed by atoms with Gasteiger partial charge < -0.3 is 14.7 Å². The number of hydrogen-bond donors (Lipinski definition) is 1. The number of carbonyl (C=O) groups excluding carboxylic acids is 1. The van der Waals surface area contributed by atoms with Crippen molar-refractivity contribution in [1.82, 2.24) is 9.88 Å². The minimum atomic E-state index is -0.880. The maximum Gasteiger partial charge on any atom is 0.308 e. The quantitative estimate of drug-likeness (QED) is 0.561. The molecule has 2 heterocycles. The Balaban J connectivity index is 1.58. The van der Waals surface area contributed by atoms with Gasteiger partial charge in [0.1, 0.15) is 11.6 Å². The summed E-state index contributed by atoms with van der Waals surface area (Å²) < 4.78 is 19.4. The van der Waals surface area contributed by atoms with Gasteiger partial charge in [-0.05, 0) is 68.7 Å². The molecule has 0 spiro atoms. The molecule has 6 nitrogen and oxygen atoms in total. The summed E-state index contributed by atoms with van der Waals surface area (Å²) in [5.41, 5.74) is 2.94. The number of amides is 1. The Morgan fingerprint density at radius 1 is 1.21 bits per heavy atom. The minimum absolute atomic E-state index is 0.197. The van der Waals surface area contributed by atoms with Crippen LogP contribution in [0.3, 0.4) is 0 Å². The topological polar surface area (TPSA) is 79.7 Å². The molecule has 0 bridgehead atoms. The van der Waals surface area contributed by atoms with Crippen molar-refractivity contribution in [2.75, 3.05) is 13.1 Å². The maximum absolute atomic E-state index is 13.5. The van der Waals surface area contributed by atoms with Crippen molar-refractivity contribution < 1.29 is 23.8 Å². The number of carboxylic acids is 1. The average Bonchev–Trinajstić information content (AvgIpc) is 2.78. The number of aryl methyl sites for hydroxylation is 1. The SMILES string of the molecule is Cc1cc(-c2ccc(F)cc2Cl)c2ccc(OC(C)C(=O)N3CCC[C@H](C(=O)O)C3)cc2n1. The first-order valence-corrected chi connectivity index (χ1v) is 11.2. The third-order valence-corrected chi connectivity index (χ3v) is 6.19. The van der Waals surface area contributed by atoms with E-state index >= 15 is 0 Å². The molecule has 3 aromatic rings. The number of pyridine rings is 1. The molecule has 1 unspecified atom stereocenters. The van der Waals surface area contributed by atoms with E-state index in [4.69, 9.17) is 16.3 Å². The summed E-state index contributed by atoms with van der Waals surface area (Å²) >= 11 is 6.29. The fraction of sp³-hybridized carbons (Fsp3) is 0.320. The molecule has 1 fully saturated rings. The van der Waals surface area contributed by atoms with Crippen molar-refractivity contribution in [1.29, 1.82) is 0 Å². The van der Waals surface area contributed by atoms with Gasteiger partial charge in [0.2, 0.25) is 0 Å². The Hall–Kier alpha value is -3.19. The first-order valence-electron chi connectivity index (χ1n) is 10.8. The van der Waals surface area contributed by atoms with Gasteiger partial charge in [0.05, 0.1) is 16.5 Å². The number of fused-ring (bicyclic) bond motifs is 1. The molecular weight excluding hydrogens is 447 g/mol. The van der Waals surface area contributed by atoms with Crippen LogP contribution in [-0.2, 0) is 9.59 Å². The molecule has 0 aliphatic carbocycles. The van der Waals surface area contributed by atoms with E-state index in [1.807, 2.05) is 19.1 Å². The summed E-state index contributed by atoms with van der Waals surface area (Å²) in [6.07, 6.45) is 0.458. The Morgan fingerprint density at radius 3 is 2.73 bits per heavy atom. The van der Waals surface area contributed by atoms with Gasteiger partial charge in [-0.1, -0.05) is 11.6 Å². The normalized spacial score (nSPS) is 17.1. The minimum Gasteiger partial charge on any atom is -0.481 e. The lowest BCUT2D eigenvalue weighted by molar-refractivity contribution is -0.147. The Kier molecular flexibility index (Phi) is 6.51. The van der Waals surface area contributed by atoms with Crippen molar-refractivity contribution in [3.8, 4) is 16.9 Å². The summed E-state index contributed by atoms with van der Waals surface area (Å²) in [6.45, 7) is 4.23. The summed E-state index contributed by atoms with van der Waals surface area (Å²) in [7, 11) is 0. The van der Waals surface area contributed by atoms with Crippen LogP contribution in [0.4, 0.5) is 4.39 Å². The maximum atomic E-state index is 13.5. The highest BCUT2D eigenvalue weighted by Gasteiger charge is 2.31. The van der Waals surface area contributed by atoms with Crippen LogP contribution in [0.1, 0.15) is 25.5 Å². The number of rotatable bonds is 5. The largest absolute Gasteiger partial charge is 0.481 e. The van der Waals surface area contributed by atoms with E-state index in [2.05, 4.69) is 4.98 Å². The second kappa shape index (κ2) is 9.35. The highest BCUT2D eigenvalue weighted by Crippen LogP contribution is 2.35. The Bertz CT molecular complexity index is 1230. The first kappa shape index (κ1) is 23.0. The average molecular weight is 471 g/mol. The van der Waals surface area contributed by atoms with E-state index in [-0.39, 0.29) is 12.5 Å². The lowest BCUT2D eigenvalue weighted by Crippen LogP contribution is -2.47. The van der Waals surface area contributed by atoms with E-state index in [1.165, 1.54) is 12.1 Å². The molecule has 1 amide bonds. The standard InChI is InChI=1S/C25H24ClFN2O4/c1-14-10-21(19-7-5-17(27)11-22(19)26)20-8-6-18(12-23(20)28-14)33-15(2)24(30)29-9-3-4-16(13-29)25(31)32/h5-8,10-12,15-16H,3-4,9,13H2,1-2H3,(H,31,32)/t15?,16-/m0/s1. The van der Waals surface area contributed by atoms with Gasteiger partial charge in [-0.3, -0.25) is 14.6 Å². The number of piperidine rings is 1. The fourth-order valence-corrected chi connectivity index (χ4v) is 4.50. The number of halogens is 2. The predicted molar refractivity (Wildman–Crippen MR) is 124 cm³/mol. The highest BCUT2D eigenvalue weighted by atomic mass is 35.5. The van der Waals surface area contributed by atoms with Crippen LogP contribution < -0.4 is 4.74 Å².